The molecule has 0 saturated carbocycles. The van der Waals surface area contributed by atoms with Crippen LogP contribution in [0, 0.1) is 0 Å². The average Bonchev–Trinajstić information content (AvgIpc) is 2.85. The van der Waals surface area contributed by atoms with Crippen LogP contribution in [0.2, 0.25) is 0 Å². The van der Waals surface area contributed by atoms with Crippen molar-refractivity contribution in [1.29, 1.82) is 0 Å². The molecule has 0 aliphatic carbocycles. The minimum atomic E-state index is -4.66. The SMILES string of the molecule is COc1cc(Sc2nc(C(C)(C)C)co2)nc(C(F)(F)F)n1. The van der Waals surface area contributed by atoms with Crippen LogP contribution in [0.5, 0.6) is 5.88 Å². The van der Waals surface area contributed by atoms with Crippen LogP contribution in [0.4, 0.5) is 13.2 Å². The molecule has 2 heterocycles. The van der Waals surface area contributed by atoms with Gasteiger partial charge in [-0.25, -0.2) is 9.97 Å². The molecule has 2 aromatic heterocycles. The molecule has 0 fully saturated rings. The van der Waals surface area contributed by atoms with Crippen molar-refractivity contribution in [2.75, 3.05) is 7.11 Å². The zero-order chi connectivity index (χ0) is 16.5. The summed E-state index contributed by atoms with van der Waals surface area (Å²) in [5, 5.41) is 0.250. The molecule has 0 aromatic carbocycles. The fourth-order valence-electron chi connectivity index (χ4n) is 1.43. The molecule has 0 unspecified atom stereocenters. The zero-order valence-electron chi connectivity index (χ0n) is 12.4. The Labute approximate surface area is 129 Å². The zero-order valence-corrected chi connectivity index (χ0v) is 13.2. The predicted molar refractivity (Wildman–Crippen MR) is 72.9 cm³/mol. The Morgan fingerprint density at radius 1 is 1.14 bits per heavy atom. The lowest BCUT2D eigenvalue weighted by Crippen LogP contribution is -2.12. The van der Waals surface area contributed by atoms with Gasteiger partial charge in [0.05, 0.1) is 12.8 Å². The smallest absolute Gasteiger partial charge is 0.451 e. The van der Waals surface area contributed by atoms with Crippen LogP contribution < -0.4 is 4.74 Å². The number of nitrogens with zero attached hydrogens (tertiary/aromatic N) is 3. The van der Waals surface area contributed by atoms with Gasteiger partial charge < -0.3 is 9.15 Å². The summed E-state index contributed by atoms with van der Waals surface area (Å²) >= 11 is 0.875. The van der Waals surface area contributed by atoms with Crippen LogP contribution in [0.25, 0.3) is 0 Å². The molecule has 9 heteroatoms. The van der Waals surface area contributed by atoms with Crippen molar-refractivity contribution in [2.24, 2.45) is 0 Å². The molecule has 5 nitrogen and oxygen atoms in total. The van der Waals surface area contributed by atoms with E-state index in [9.17, 15) is 13.2 Å². The first-order chi connectivity index (χ1) is 10.1. The van der Waals surface area contributed by atoms with Crippen LogP contribution in [0.1, 0.15) is 32.3 Å². The van der Waals surface area contributed by atoms with E-state index in [4.69, 9.17) is 9.15 Å². The first-order valence-electron chi connectivity index (χ1n) is 6.24. The molecule has 0 amide bonds. The summed E-state index contributed by atoms with van der Waals surface area (Å²) < 4.78 is 48.3. The van der Waals surface area contributed by atoms with Crippen molar-refractivity contribution in [3.05, 3.63) is 23.8 Å². The summed E-state index contributed by atoms with van der Waals surface area (Å²) in [4.78, 5) is 11.0. The Morgan fingerprint density at radius 3 is 2.32 bits per heavy atom. The van der Waals surface area contributed by atoms with Crippen molar-refractivity contribution in [2.45, 2.75) is 42.6 Å². The maximum absolute atomic E-state index is 12.8. The second kappa shape index (κ2) is 5.79. The molecular formula is C13H14F3N3O2S. The molecule has 0 atom stereocenters. The van der Waals surface area contributed by atoms with Crippen molar-refractivity contribution in [3.8, 4) is 5.88 Å². The first kappa shape index (κ1) is 16.6. The molecule has 0 radical (unpaired) electrons. The molecular weight excluding hydrogens is 319 g/mol. The summed E-state index contributed by atoms with van der Waals surface area (Å²) in [6.07, 6.45) is -3.18. The maximum atomic E-state index is 12.8. The first-order valence-corrected chi connectivity index (χ1v) is 7.05. The van der Waals surface area contributed by atoms with E-state index >= 15 is 0 Å². The number of oxazole rings is 1. The average molecular weight is 333 g/mol. The van der Waals surface area contributed by atoms with E-state index in [0.29, 0.717) is 5.69 Å². The highest BCUT2D eigenvalue weighted by atomic mass is 32.2. The van der Waals surface area contributed by atoms with E-state index in [0.717, 1.165) is 11.8 Å². The van der Waals surface area contributed by atoms with Gasteiger partial charge in [0.25, 0.3) is 5.22 Å². The highest BCUT2D eigenvalue weighted by molar-refractivity contribution is 7.99. The van der Waals surface area contributed by atoms with Gasteiger partial charge in [-0.1, -0.05) is 20.8 Å². The number of hydrogen-bond donors (Lipinski definition) is 0. The Bertz CT molecular complexity index is 665. The van der Waals surface area contributed by atoms with Crippen molar-refractivity contribution >= 4 is 11.8 Å². The highest BCUT2D eigenvalue weighted by Crippen LogP contribution is 2.33. The molecule has 2 rings (SSSR count). The molecule has 0 saturated heterocycles. The number of rotatable bonds is 3. The largest absolute Gasteiger partial charge is 0.481 e. The van der Waals surface area contributed by atoms with Crippen LogP contribution in [0.15, 0.2) is 27.0 Å². The molecule has 0 bridgehead atoms. The summed E-state index contributed by atoms with van der Waals surface area (Å²) in [6, 6.07) is 1.29. The number of halogens is 3. The Hall–Kier alpha value is -1.77. The van der Waals surface area contributed by atoms with Gasteiger partial charge in [-0.3, -0.25) is 0 Å². The van der Waals surface area contributed by atoms with Gasteiger partial charge in [-0.15, -0.1) is 0 Å². The van der Waals surface area contributed by atoms with E-state index in [1.165, 1.54) is 19.4 Å². The third-order valence-corrected chi connectivity index (χ3v) is 3.37. The fraction of sp³-hybridized carbons (Fsp3) is 0.462. The van der Waals surface area contributed by atoms with Crippen LogP contribution >= 0.6 is 11.8 Å². The van der Waals surface area contributed by atoms with Gasteiger partial charge >= 0.3 is 6.18 Å². The highest BCUT2D eigenvalue weighted by Gasteiger charge is 2.36. The summed E-state index contributed by atoms with van der Waals surface area (Å²) in [6.45, 7) is 5.86. The summed E-state index contributed by atoms with van der Waals surface area (Å²) in [7, 11) is 1.24. The minimum Gasteiger partial charge on any atom is -0.481 e. The van der Waals surface area contributed by atoms with E-state index in [-0.39, 0.29) is 21.5 Å². The van der Waals surface area contributed by atoms with Crippen LogP contribution in [-0.2, 0) is 11.6 Å². The van der Waals surface area contributed by atoms with Gasteiger partial charge in [0, 0.05) is 11.5 Å². The normalized spacial score (nSPS) is 12.5. The fourth-order valence-corrected chi connectivity index (χ4v) is 2.14. The van der Waals surface area contributed by atoms with Crippen LogP contribution in [-0.4, -0.2) is 22.1 Å². The van der Waals surface area contributed by atoms with Crippen molar-refractivity contribution in [1.82, 2.24) is 15.0 Å². The third kappa shape index (κ3) is 3.90. The second-order valence-corrected chi connectivity index (χ2v) is 6.39. The van der Waals surface area contributed by atoms with Gasteiger partial charge in [0.15, 0.2) is 0 Å². The van der Waals surface area contributed by atoms with E-state index in [1.807, 2.05) is 20.8 Å². The van der Waals surface area contributed by atoms with Crippen molar-refractivity contribution < 1.29 is 22.3 Å². The number of aromatic nitrogens is 3. The van der Waals surface area contributed by atoms with E-state index in [1.54, 1.807) is 0 Å². The standard InChI is InChI=1S/C13H14F3N3O2S/c1-12(2,3)7-6-21-11(17-7)22-9-5-8(20-4)18-10(19-9)13(14,15)16/h5-6H,1-4H3. The lowest BCUT2D eigenvalue weighted by atomic mass is 9.93. The number of alkyl halides is 3. The minimum absolute atomic E-state index is 0.0430. The summed E-state index contributed by atoms with van der Waals surface area (Å²) in [5.74, 6) is -1.44. The molecule has 2 aromatic rings. The maximum Gasteiger partial charge on any atom is 0.451 e. The van der Waals surface area contributed by atoms with Gasteiger partial charge in [-0.2, -0.15) is 18.2 Å². The molecule has 0 aliphatic rings. The third-order valence-electron chi connectivity index (χ3n) is 2.59. The molecule has 0 aliphatic heterocycles. The molecule has 120 valence electrons. The van der Waals surface area contributed by atoms with Gasteiger partial charge in [0.2, 0.25) is 11.7 Å². The number of methoxy groups -OCH3 is 1. The van der Waals surface area contributed by atoms with Gasteiger partial charge in [0.1, 0.15) is 11.3 Å². The van der Waals surface area contributed by atoms with Crippen molar-refractivity contribution in [3.63, 3.8) is 0 Å². The Balaban J connectivity index is 2.31. The molecule has 22 heavy (non-hydrogen) atoms. The lowest BCUT2D eigenvalue weighted by Gasteiger charge is -2.12. The number of ether oxygens (including phenoxy) is 1. The number of hydrogen-bond acceptors (Lipinski definition) is 6. The van der Waals surface area contributed by atoms with Crippen LogP contribution in [0.3, 0.4) is 0 Å². The van der Waals surface area contributed by atoms with E-state index in [2.05, 4.69) is 15.0 Å². The quantitative estimate of drug-likeness (QED) is 0.793. The molecule has 0 N–H and O–H groups in total. The summed E-state index contributed by atoms with van der Waals surface area (Å²) in [5.41, 5.74) is 0.482. The molecule has 0 spiro atoms. The second-order valence-electron chi connectivity index (χ2n) is 5.42. The Kier molecular flexibility index (Phi) is 4.37. The van der Waals surface area contributed by atoms with E-state index < -0.39 is 12.0 Å². The topological polar surface area (TPSA) is 61.0 Å². The predicted octanol–water partition coefficient (Wildman–Crippen LogP) is 3.94. The van der Waals surface area contributed by atoms with Gasteiger partial charge in [-0.05, 0) is 11.8 Å². The Morgan fingerprint density at radius 2 is 1.82 bits per heavy atom. The lowest BCUT2D eigenvalue weighted by molar-refractivity contribution is -0.145. The monoisotopic (exact) mass is 333 g/mol.